The molecule has 0 radical (unpaired) electrons. The van der Waals surface area contributed by atoms with Gasteiger partial charge in [-0.1, -0.05) is 12.1 Å². The number of aromatic nitrogens is 2. The summed E-state index contributed by atoms with van der Waals surface area (Å²) in [5.74, 6) is -1.16. The lowest BCUT2D eigenvalue weighted by molar-refractivity contribution is -0.145. The van der Waals surface area contributed by atoms with Crippen LogP contribution in [0, 0.1) is 6.92 Å². The number of benzene rings is 2. The number of esters is 1. The molecule has 1 aromatic heterocycles. The largest absolute Gasteiger partial charge is 0.459 e. The zero-order valence-electron chi connectivity index (χ0n) is 16.2. The summed E-state index contributed by atoms with van der Waals surface area (Å²) < 4.78 is 43.8. The number of rotatable bonds is 4. The molecule has 0 unspecified atom stereocenters. The minimum atomic E-state index is -4.51. The van der Waals surface area contributed by atoms with Crippen LogP contribution < -0.4 is 5.32 Å². The zero-order chi connectivity index (χ0) is 22.2. The van der Waals surface area contributed by atoms with E-state index in [2.05, 4.69) is 15.3 Å². The molecule has 31 heavy (non-hydrogen) atoms. The molecular weight excluding hydrogens is 431 g/mol. The fourth-order valence-electron chi connectivity index (χ4n) is 3.08. The lowest BCUT2D eigenvalue weighted by atomic mass is 10.1. The van der Waals surface area contributed by atoms with Crippen LogP contribution in [0.25, 0.3) is 11.0 Å². The van der Waals surface area contributed by atoms with Gasteiger partial charge in [0.25, 0.3) is 0 Å². The number of para-hydroxylation sites is 2. The summed E-state index contributed by atoms with van der Waals surface area (Å²) in [5.41, 5.74) is 1.78. The van der Waals surface area contributed by atoms with Crippen molar-refractivity contribution in [1.29, 1.82) is 0 Å². The van der Waals surface area contributed by atoms with Crippen molar-refractivity contribution in [3.05, 3.63) is 59.4 Å². The number of carbonyl (C=O) groups excluding carboxylic acids is 2. The molecule has 1 aliphatic rings. The molecule has 0 aliphatic carbocycles. The van der Waals surface area contributed by atoms with Gasteiger partial charge in [0.2, 0.25) is 5.91 Å². The Morgan fingerprint density at radius 2 is 1.87 bits per heavy atom. The van der Waals surface area contributed by atoms with E-state index in [0.29, 0.717) is 21.8 Å². The number of halogens is 3. The molecule has 0 fully saturated rings. The molecule has 10 heteroatoms. The van der Waals surface area contributed by atoms with E-state index in [1.54, 1.807) is 13.0 Å². The smallest absolute Gasteiger partial charge is 0.416 e. The third-order valence-electron chi connectivity index (χ3n) is 4.69. The molecule has 4 rings (SSSR count). The summed E-state index contributed by atoms with van der Waals surface area (Å²) >= 11 is 1.03. The Kier molecular flexibility index (Phi) is 5.57. The normalized spacial score (nSPS) is 16.0. The Hall–Kier alpha value is -3.14. The Morgan fingerprint density at radius 3 is 2.58 bits per heavy atom. The highest BCUT2D eigenvalue weighted by molar-refractivity contribution is 8.01. The van der Waals surface area contributed by atoms with Crippen molar-refractivity contribution in [2.75, 3.05) is 5.32 Å². The van der Waals surface area contributed by atoms with Gasteiger partial charge in [-0.2, -0.15) is 13.2 Å². The standard InChI is InChI=1S/C21H16F3N3O3S/c1-11-16(26-14-5-3-2-4-13(14)25-11)10-30-19(28)9-18-20(29)27-15-8-12(21(22,23)24)6-7-17(15)31-18/h2-8,18H,9-10H2,1H3,(H,27,29)/t18-/m1/s1. The summed E-state index contributed by atoms with van der Waals surface area (Å²) in [4.78, 5) is 33.9. The predicted molar refractivity (Wildman–Crippen MR) is 108 cm³/mol. The van der Waals surface area contributed by atoms with E-state index in [9.17, 15) is 22.8 Å². The van der Waals surface area contributed by atoms with Crippen LogP contribution in [0.4, 0.5) is 18.9 Å². The third kappa shape index (κ3) is 4.63. The predicted octanol–water partition coefficient (Wildman–Crippen LogP) is 4.50. The number of amides is 1. The summed E-state index contributed by atoms with van der Waals surface area (Å²) in [6.07, 6.45) is -4.73. The van der Waals surface area contributed by atoms with Crippen LogP contribution in [0.1, 0.15) is 23.4 Å². The minimum absolute atomic E-state index is 0.0801. The first-order valence-corrected chi connectivity index (χ1v) is 10.2. The highest BCUT2D eigenvalue weighted by Crippen LogP contribution is 2.40. The van der Waals surface area contributed by atoms with Gasteiger partial charge in [0, 0.05) is 4.90 Å². The maximum Gasteiger partial charge on any atom is 0.416 e. The van der Waals surface area contributed by atoms with Gasteiger partial charge in [-0.3, -0.25) is 9.59 Å². The number of nitrogens with one attached hydrogen (secondary N) is 1. The van der Waals surface area contributed by atoms with Gasteiger partial charge in [0.15, 0.2) is 0 Å². The van der Waals surface area contributed by atoms with Crippen LogP contribution in [0.5, 0.6) is 0 Å². The topological polar surface area (TPSA) is 81.2 Å². The second-order valence-corrected chi connectivity index (χ2v) is 8.16. The monoisotopic (exact) mass is 447 g/mol. The average molecular weight is 447 g/mol. The molecule has 6 nitrogen and oxygen atoms in total. The second-order valence-electron chi connectivity index (χ2n) is 6.91. The number of ether oxygens (including phenoxy) is 1. The molecule has 0 bridgehead atoms. The number of aryl methyl sites for hydroxylation is 1. The van der Waals surface area contributed by atoms with Gasteiger partial charge in [-0.05, 0) is 37.3 Å². The number of hydrogen-bond acceptors (Lipinski definition) is 6. The zero-order valence-corrected chi connectivity index (χ0v) is 17.0. The highest BCUT2D eigenvalue weighted by atomic mass is 32.2. The van der Waals surface area contributed by atoms with Crippen molar-refractivity contribution < 1.29 is 27.5 Å². The van der Waals surface area contributed by atoms with Crippen LogP contribution >= 0.6 is 11.8 Å². The van der Waals surface area contributed by atoms with Gasteiger partial charge >= 0.3 is 12.1 Å². The van der Waals surface area contributed by atoms with Gasteiger partial charge in [0.05, 0.1) is 45.3 Å². The lowest BCUT2D eigenvalue weighted by Gasteiger charge is -2.24. The molecule has 0 saturated heterocycles. The van der Waals surface area contributed by atoms with Gasteiger partial charge in [0.1, 0.15) is 6.61 Å². The minimum Gasteiger partial charge on any atom is -0.459 e. The van der Waals surface area contributed by atoms with E-state index in [0.717, 1.165) is 29.4 Å². The Morgan fingerprint density at radius 1 is 1.16 bits per heavy atom. The van der Waals surface area contributed by atoms with Gasteiger partial charge < -0.3 is 10.1 Å². The molecule has 1 N–H and O–H groups in total. The average Bonchev–Trinajstić information content (AvgIpc) is 2.71. The fourth-order valence-corrected chi connectivity index (χ4v) is 4.16. The number of anilines is 1. The number of fused-ring (bicyclic) bond motifs is 2. The Bertz CT molecular complexity index is 1180. The molecule has 2 aromatic carbocycles. The molecule has 160 valence electrons. The molecule has 0 saturated carbocycles. The molecular formula is C21H16F3N3O3S. The fraction of sp³-hybridized carbons (Fsp3) is 0.238. The Balaban J connectivity index is 1.40. The van der Waals surface area contributed by atoms with E-state index in [1.165, 1.54) is 6.07 Å². The number of hydrogen-bond donors (Lipinski definition) is 1. The molecule has 1 aliphatic heterocycles. The van der Waals surface area contributed by atoms with Crippen LogP contribution in [-0.2, 0) is 27.1 Å². The molecule has 1 amide bonds. The number of carbonyl (C=O) groups is 2. The lowest BCUT2D eigenvalue weighted by Crippen LogP contribution is -2.31. The number of nitrogens with zero attached hydrogens (tertiary/aromatic N) is 2. The molecule has 3 aromatic rings. The summed E-state index contributed by atoms with van der Waals surface area (Å²) in [6.45, 7) is 1.67. The van der Waals surface area contributed by atoms with Crippen molar-refractivity contribution >= 4 is 40.4 Å². The summed E-state index contributed by atoms with van der Waals surface area (Å²) in [6, 6.07) is 10.4. The second kappa shape index (κ2) is 8.18. The van der Waals surface area contributed by atoms with E-state index < -0.39 is 28.9 Å². The van der Waals surface area contributed by atoms with Crippen LogP contribution in [0.15, 0.2) is 47.4 Å². The third-order valence-corrected chi connectivity index (χ3v) is 5.97. The van der Waals surface area contributed by atoms with Crippen LogP contribution in [0.3, 0.4) is 0 Å². The first kappa shape index (κ1) is 21.1. The molecule has 0 spiro atoms. The van der Waals surface area contributed by atoms with Crippen molar-refractivity contribution in [3.63, 3.8) is 0 Å². The molecule has 2 heterocycles. The van der Waals surface area contributed by atoms with E-state index in [1.807, 2.05) is 18.2 Å². The summed E-state index contributed by atoms with van der Waals surface area (Å²) in [7, 11) is 0. The first-order valence-electron chi connectivity index (χ1n) is 9.27. The number of thioether (sulfide) groups is 1. The SMILES string of the molecule is Cc1nc2ccccc2nc1COC(=O)C[C@H]1Sc2ccc(C(F)(F)F)cc2NC1=O. The van der Waals surface area contributed by atoms with Crippen molar-refractivity contribution in [2.45, 2.75) is 36.3 Å². The van der Waals surface area contributed by atoms with Crippen LogP contribution in [-0.4, -0.2) is 27.1 Å². The number of alkyl halides is 3. The first-order chi connectivity index (χ1) is 14.7. The van der Waals surface area contributed by atoms with Crippen molar-refractivity contribution in [3.8, 4) is 0 Å². The quantitative estimate of drug-likeness (QED) is 0.593. The maximum absolute atomic E-state index is 12.9. The van der Waals surface area contributed by atoms with E-state index >= 15 is 0 Å². The van der Waals surface area contributed by atoms with Crippen LogP contribution in [0.2, 0.25) is 0 Å². The maximum atomic E-state index is 12.9. The molecule has 1 atom stereocenters. The van der Waals surface area contributed by atoms with Crippen molar-refractivity contribution in [2.24, 2.45) is 0 Å². The van der Waals surface area contributed by atoms with E-state index in [-0.39, 0.29) is 18.7 Å². The highest BCUT2D eigenvalue weighted by Gasteiger charge is 2.34. The van der Waals surface area contributed by atoms with E-state index in [4.69, 9.17) is 4.74 Å². The van der Waals surface area contributed by atoms with Gasteiger partial charge in [-0.25, -0.2) is 9.97 Å². The van der Waals surface area contributed by atoms with Crippen molar-refractivity contribution in [1.82, 2.24) is 9.97 Å². The van der Waals surface area contributed by atoms with Gasteiger partial charge in [-0.15, -0.1) is 11.8 Å². The Labute approximate surface area is 179 Å². The summed E-state index contributed by atoms with van der Waals surface area (Å²) in [5, 5.41) is 1.64.